The molecular formula is C13H18N4S. The van der Waals surface area contributed by atoms with E-state index in [1.54, 1.807) is 0 Å². The van der Waals surface area contributed by atoms with Gasteiger partial charge in [0.05, 0.1) is 17.2 Å². The average molecular weight is 262 g/mol. The van der Waals surface area contributed by atoms with Crippen molar-refractivity contribution in [3.63, 3.8) is 0 Å². The predicted molar refractivity (Wildman–Crippen MR) is 75.2 cm³/mol. The third-order valence-electron chi connectivity index (χ3n) is 3.79. The van der Waals surface area contributed by atoms with Crippen LogP contribution in [0.15, 0.2) is 18.5 Å². The summed E-state index contributed by atoms with van der Waals surface area (Å²) in [5.41, 5.74) is 2.18. The van der Waals surface area contributed by atoms with E-state index in [1.165, 1.54) is 25.9 Å². The number of H-pyrrole nitrogens is 1. The third-order valence-corrected chi connectivity index (χ3v) is 4.11. The number of aromatic amines is 1. The van der Waals surface area contributed by atoms with Crippen molar-refractivity contribution < 1.29 is 0 Å². The third kappa shape index (κ3) is 2.08. The summed E-state index contributed by atoms with van der Waals surface area (Å²) in [6.07, 6.45) is 6.31. The van der Waals surface area contributed by atoms with Crippen molar-refractivity contribution in [3.8, 4) is 0 Å². The van der Waals surface area contributed by atoms with E-state index in [0.717, 1.165) is 22.3 Å². The van der Waals surface area contributed by atoms with Gasteiger partial charge in [-0.1, -0.05) is 0 Å². The fourth-order valence-corrected chi connectivity index (χ4v) is 3.04. The molecule has 1 N–H and O–H groups in total. The molecule has 1 aliphatic rings. The highest BCUT2D eigenvalue weighted by atomic mass is 32.1. The average Bonchev–Trinajstić information content (AvgIpc) is 2.98. The second-order valence-corrected chi connectivity index (χ2v) is 5.41. The summed E-state index contributed by atoms with van der Waals surface area (Å²) in [5.74, 6) is 0. The zero-order valence-corrected chi connectivity index (χ0v) is 11.4. The minimum absolute atomic E-state index is 0.534. The molecule has 1 fully saturated rings. The van der Waals surface area contributed by atoms with Gasteiger partial charge in [-0.3, -0.25) is 9.88 Å². The molecule has 1 saturated heterocycles. The van der Waals surface area contributed by atoms with Gasteiger partial charge in [-0.2, -0.15) is 0 Å². The monoisotopic (exact) mass is 262 g/mol. The van der Waals surface area contributed by atoms with E-state index in [4.69, 9.17) is 12.2 Å². The first-order valence-corrected chi connectivity index (χ1v) is 6.93. The molecule has 1 unspecified atom stereocenters. The molecule has 0 aromatic carbocycles. The first kappa shape index (κ1) is 11.9. The topological polar surface area (TPSA) is 36.9 Å². The van der Waals surface area contributed by atoms with Crippen LogP contribution in [0.2, 0.25) is 0 Å². The molecule has 0 radical (unpaired) electrons. The fraction of sp³-hybridized carbons (Fsp3) is 0.538. The summed E-state index contributed by atoms with van der Waals surface area (Å²) >= 11 is 5.41. The van der Waals surface area contributed by atoms with Crippen molar-refractivity contribution in [3.05, 3.63) is 23.2 Å². The highest BCUT2D eigenvalue weighted by Crippen LogP contribution is 2.17. The summed E-state index contributed by atoms with van der Waals surface area (Å²) in [4.78, 5) is 9.89. The highest BCUT2D eigenvalue weighted by Gasteiger charge is 2.19. The second-order valence-electron chi connectivity index (χ2n) is 5.03. The summed E-state index contributed by atoms with van der Waals surface area (Å²) in [6.45, 7) is 5.67. The molecule has 2 aromatic rings. The molecule has 0 amide bonds. The number of pyridine rings is 1. The Morgan fingerprint density at radius 3 is 3.00 bits per heavy atom. The Hall–Kier alpha value is -1.20. The quantitative estimate of drug-likeness (QED) is 0.864. The number of hydrogen-bond donors (Lipinski definition) is 1. The lowest BCUT2D eigenvalue weighted by Crippen LogP contribution is -2.33. The summed E-state index contributed by atoms with van der Waals surface area (Å²) in [7, 11) is 0. The van der Waals surface area contributed by atoms with Crippen LogP contribution in [-0.2, 0) is 6.54 Å². The first-order chi connectivity index (χ1) is 8.75. The van der Waals surface area contributed by atoms with E-state index in [9.17, 15) is 0 Å². The number of hydrogen-bond acceptors (Lipinski definition) is 3. The van der Waals surface area contributed by atoms with E-state index in [2.05, 4.69) is 26.4 Å². The number of imidazole rings is 1. The molecule has 0 aliphatic carbocycles. The van der Waals surface area contributed by atoms with Gasteiger partial charge in [0.25, 0.3) is 0 Å². The van der Waals surface area contributed by atoms with Gasteiger partial charge >= 0.3 is 0 Å². The normalized spacial score (nSPS) is 18.5. The van der Waals surface area contributed by atoms with Crippen LogP contribution in [0.25, 0.3) is 11.0 Å². The lowest BCUT2D eigenvalue weighted by atomic mass is 10.3. The Morgan fingerprint density at radius 1 is 1.44 bits per heavy atom. The van der Waals surface area contributed by atoms with Crippen molar-refractivity contribution in [1.29, 1.82) is 0 Å². The molecule has 18 heavy (non-hydrogen) atoms. The molecule has 1 atom stereocenters. The number of aromatic nitrogens is 3. The minimum atomic E-state index is 0.534. The predicted octanol–water partition coefficient (Wildman–Crippen LogP) is 2.58. The number of likely N-dealkylation sites (tertiary alicyclic amines) is 1. The van der Waals surface area contributed by atoms with Crippen LogP contribution in [-0.4, -0.2) is 38.6 Å². The number of fused-ring (bicyclic) bond motifs is 1. The molecule has 0 bridgehead atoms. The van der Waals surface area contributed by atoms with E-state index in [1.807, 2.05) is 18.5 Å². The Bertz CT molecular complexity index is 594. The van der Waals surface area contributed by atoms with Crippen LogP contribution in [0.4, 0.5) is 0 Å². The maximum absolute atomic E-state index is 5.41. The molecule has 0 saturated carbocycles. The summed E-state index contributed by atoms with van der Waals surface area (Å²) in [6, 6.07) is 2.56. The van der Waals surface area contributed by atoms with Gasteiger partial charge in [-0.05, 0) is 51.1 Å². The van der Waals surface area contributed by atoms with E-state index in [0.29, 0.717) is 6.04 Å². The van der Waals surface area contributed by atoms with Gasteiger partial charge in [-0.25, -0.2) is 0 Å². The zero-order chi connectivity index (χ0) is 12.5. The first-order valence-electron chi connectivity index (χ1n) is 6.52. The SMILES string of the molecule is CC(Cn1c(=S)[nH]c2cnccc21)N1CCCC1. The molecule has 4 nitrogen and oxygen atoms in total. The van der Waals surface area contributed by atoms with Crippen LogP contribution >= 0.6 is 12.2 Å². The van der Waals surface area contributed by atoms with E-state index < -0.39 is 0 Å². The lowest BCUT2D eigenvalue weighted by Gasteiger charge is -2.24. The summed E-state index contributed by atoms with van der Waals surface area (Å²) in [5, 5.41) is 0. The smallest absolute Gasteiger partial charge is 0.178 e. The number of nitrogens with one attached hydrogen (secondary N) is 1. The highest BCUT2D eigenvalue weighted by molar-refractivity contribution is 7.71. The van der Waals surface area contributed by atoms with Gasteiger partial charge in [-0.15, -0.1) is 0 Å². The van der Waals surface area contributed by atoms with Crippen molar-refractivity contribution in [1.82, 2.24) is 19.4 Å². The molecule has 5 heteroatoms. The molecule has 0 spiro atoms. The van der Waals surface area contributed by atoms with Crippen molar-refractivity contribution in [2.24, 2.45) is 0 Å². The number of nitrogens with zero attached hydrogens (tertiary/aromatic N) is 3. The van der Waals surface area contributed by atoms with Crippen LogP contribution < -0.4 is 0 Å². The molecule has 3 heterocycles. The Kier molecular flexibility index (Phi) is 3.18. The van der Waals surface area contributed by atoms with Crippen LogP contribution in [0.3, 0.4) is 0 Å². The lowest BCUT2D eigenvalue weighted by molar-refractivity contribution is 0.237. The fourth-order valence-electron chi connectivity index (χ4n) is 2.75. The standard InChI is InChI=1S/C13H18N4S/c1-10(16-6-2-3-7-16)9-17-12-4-5-14-8-11(12)15-13(17)18/h4-5,8,10H,2-3,6-7,9H2,1H3,(H,15,18). The van der Waals surface area contributed by atoms with Gasteiger partial charge in [0.2, 0.25) is 0 Å². The van der Waals surface area contributed by atoms with E-state index >= 15 is 0 Å². The molecule has 3 rings (SSSR count). The van der Waals surface area contributed by atoms with Gasteiger partial charge in [0.1, 0.15) is 0 Å². The van der Waals surface area contributed by atoms with Crippen LogP contribution in [0.5, 0.6) is 0 Å². The molecule has 1 aliphatic heterocycles. The van der Waals surface area contributed by atoms with Gasteiger partial charge in [0, 0.05) is 18.8 Å². The summed E-state index contributed by atoms with van der Waals surface area (Å²) < 4.78 is 2.99. The van der Waals surface area contributed by atoms with Crippen molar-refractivity contribution >= 4 is 23.3 Å². The Balaban J connectivity index is 1.89. The zero-order valence-electron chi connectivity index (χ0n) is 10.6. The molecule has 96 valence electrons. The Morgan fingerprint density at radius 2 is 2.22 bits per heavy atom. The minimum Gasteiger partial charge on any atom is -0.329 e. The van der Waals surface area contributed by atoms with Crippen molar-refractivity contribution in [2.45, 2.75) is 32.4 Å². The second kappa shape index (κ2) is 4.82. The largest absolute Gasteiger partial charge is 0.329 e. The van der Waals surface area contributed by atoms with Crippen LogP contribution in [0.1, 0.15) is 19.8 Å². The van der Waals surface area contributed by atoms with Gasteiger partial charge in [0.15, 0.2) is 4.77 Å². The van der Waals surface area contributed by atoms with Crippen molar-refractivity contribution in [2.75, 3.05) is 13.1 Å². The van der Waals surface area contributed by atoms with Crippen LogP contribution in [0, 0.1) is 4.77 Å². The van der Waals surface area contributed by atoms with Gasteiger partial charge < -0.3 is 9.55 Å². The Labute approximate surface area is 112 Å². The molecular weight excluding hydrogens is 244 g/mol. The molecule has 2 aromatic heterocycles. The maximum Gasteiger partial charge on any atom is 0.178 e. The van der Waals surface area contributed by atoms with E-state index in [-0.39, 0.29) is 0 Å². The number of rotatable bonds is 3. The maximum atomic E-state index is 5.41.